The third kappa shape index (κ3) is 3.68. The minimum absolute atomic E-state index is 0.281. The van der Waals surface area contributed by atoms with Crippen molar-refractivity contribution in [3.05, 3.63) is 23.3 Å². The van der Waals surface area contributed by atoms with E-state index in [9.17, 15) is 13.5 Å². The molecule has 108 valence electrons. The number of sulfonamides is 1. The van der Waals surface area contributed by atoms with Gasteiger partial charge in [0.2, 0.25) is 10.0 Å². The average molecular weight is 286 g/mol. The maximum absolute atomic E-state index is 12.5. The summed E-state index contributed by atoms with van der Waals surface area (Å²) in [6, 6.07) is 3.31. The van der Waals surface area contributed by atoms with Gasteiger partial charge in [0.25, 0.3) is 0 Å². The molecular weight excluding hydrogens is 264 g/mol. The zero-order valence-electron chi connectivity index (χ0n) is 11.8. The van der Waals surface area contributed by atoms with E-state index >= 15 is 0 Å². The first-order chi connectivity index (χ1) is 8.66. The van der Waals surface area contributed by atoms with Crippen LogP contribution >= 0.6 is 0 Å². The molecule has 5 nitrogen and oxygen atoms in total. The Kier molecular flexibility index (Phi) is 4.95. The summed E-state index contributed by atoms with van der Waals surface area (Å²) in [6.07, 6.45) is -0.116. The molecule has 0 fully saturated rings. The Balaban J connectivity index is 3.14. The second kappa shape index (κ2) is 5.90. The number of anilines is 1. The van der Waals surface area contributed by atoms with E-state index in [1.807, 2.05) is 0 Å². The maximum Gasteiger partial charge on any atom is 0.243 e. The van der Waals surface area contributed by atoms with Crippen molar-refractivity contribution in [2.24, 2.45) is 0 Å². The first-order valence-electron chi connectivity index (χ1n) is 6.17. The first kappa shape index (κ1) is 15.9. The Morgan fingerprint density at radius 3 is 2.21 bits per heavy atom. The van der Waals surface area contributed by atoms with Gasteiger partial charge >= 0.3 is 0 Å². The summed E-state index contributed by atoms with van der Waals surface area (Å²) in [6.45, 7) is 5.39. The SMILES string of the molecule is Cc1cc(N)cc(C)c1S(=O)(=O)N(C)CCC(C)O. The zero-order chi connectivity index (χ0) is 14.8. The van der Waals surface area contributed by atoms with Crippen LogP contribution in [0.1, 0.15) is 24.5 Å². The molecule has 1 aromatic carbocycles. The summed E-state index contributed by atoms with van der Waals surface area (Å²) in [5.74, 6) is 0. The summed E-state index contributed by atoms with van der Waals surface area (Å²) < 4.78 is 26.3. The molecule has 0 aliphatic carbocycles. The molecule has 1 aromatic rings. The van der Waals surface area contributed by atoms with Crippen LogP contribution in [-0.2, 0) is 10.0 Å². The third-order valence-corrected chi connectivity index (χ3v) is 5.18. The van der Waals surface area contributed by atoms with Crippen LogP contribution in [0.4, 0.5) is 5.69 Å². The Hall–Kier alpha value is -1.11. The Bertz CT molecular complexity index is 530. The molecular formula is C13H22N2O3S. The van der Waals surface area contributed by atoms with Crippen molar-refractivity contribution in [1.82, 2.24) is 4.31 Å². The van der Waals surface area contributed by atoms with Gasteiger partial charge in [0.1, 0.15) is 0 Å². The number of nitrogens with zero attached hydrogens (tertiary/aromatic N) is 1. The summed E-state index contributed by atoms with van der Waals surface area (Å²) in [5, 5.41) is 9.25. The number of aryl methyl sites for hydroxylation is 2. The van der Waals surface area contributed by atoms with Crippen LogP contribution in [0, 0.1) is 13.8 Å². The fraction of sp³-hybridized carbons (Fsp3) is 0.538. The van der Waals surface area contributed by atoms with Crippen LogP contribution in [0.2, 0.25) is 0 Å². The molecule has 0 bridgehead atoms. The monoisotopic (exact) mass is 286 g/mol. The standard InChI is InChI=1S/C13H22N2O3S/c1-9-7-12(14)8-10(2)13(9)19(17,18)15(4)6-5-11(3)16/h7-8,11,16H,5-6,14H2,1-4H3. The van der Waals surface area contributed by atoms with Gasteiger partial charge in [-0.2, -0.15) is 0 Å². The molecule has 0 spiro atoms. The van der Waals surface area contributed by atoms with Crippen LogP contribution < -0.4 is 5.73 Å². The van der Waals surface area contributed by atoms with Crippen molar-refractivity contribution in [1.29, 1.82) is 0 Å². The number of hydrogen-bond acceptors (Lipinski definition) is 4. The number of hydrogen-bond donors (Lipinski definition) is 2. The van der Waals surface area contributed by atoms with E-state index in [1.54, 1.807) is 32.9 Å². The van der Waals surface area contributed by atoms with E-state index in [0.717, 1.165) is 0 Å². The molecule has 0 aromatic heterocycles. The number of nitrogens with two attached hydrogens (primary N) is 1. The van der Waals surface area contributed by atoms with Gasteiger partial charge in [0.05, 0.1) is 11.0 Å². The van der Waals surface area contributed by atoms with E-state index in [0.29, 0.717) is 28.1 Å². The van der Waals surface area contributed by atoms with Gasteiger partial charge in [0.15, 0.2) is 0 Å². The predicted octanol–water partition coefficient (Wildman–Crippen LogP) is 1.28. The van der Waals surface area contributed by atoms with Crippen molar-refractivity contribution >= 4 is 15.7 Å². The molecule has 1 atom stereocenters. The molecule has 3 N–H and O–H groups in total. The van der Waals surface area contributed by atoms with Crippen molar-refractivity contribution in [3.8, 4) is 0 Å². The van der Waals surface area contributed by atoms with E-state index in [-0.39, 0.29) is 6.54 Å². The molecule has 0 heterocycles. The van der Waals surface area contributed by atoms with E-state index in [1.165, 1.54) is 11.4 Å². The minimum atomic E-state index is -3.55. The average Bonchev–Trinajstić information content (AvgIpc) is 2.23. The normalized spacial score (nSPS) is 13.8. The molecule has 0 aliphatic rings. The maximum atomic E-state index is 12.5. The van der Waals surface area contributed by atoms with Gasteiger partial charge in [-0.3, -0.25) is 0 Å². The van der Waals surface area contributed by atoms with E-state index in [2.05, 4.69) is 0 Å². The summed E-state index contributed by atoms with van der Waals surface area (Å²) in [5.41, 5.74) is 7.54. The molecule has 0 aliphatic heterocycles. The second-order valence-electron chi connectivity index (χ2n) is 4.95. The largest absolute Gasteiger partial charge is 0.399 e. The van der Waals surface area contributed by atoms with Crippen LogP contribution in [0.3, 0.4) is 0 Å². The number of benzene rings is 1. The Morgan fingerprint density at radius 2 is 1.79 bits per heavy atom. The molecule has 0 saturated carbocycles. The van der Waals surface area contributed by atoms with Crippen LogP contribution in [0.25, 0.3) is 0 Å². The summed E-state index contributed by atoms with van der Waals surface area (Å²) in [4.78, 5) is 0.301. The van der Waals surface area contributed by atoms with Gasteiger partial charge in [-0.1, -0.05) is 0 Å². The van der Waals surface area contributed by atoms with Crippen molar-refractivity contribution in [3.63, 3.8) is 0 Å². The fourth-order valence-electron chi connectivity index (χ4n) is 2.04. The fourth-order valence-corrected chi connectivity index (χ4v) is 3.62. The highest BCUT2D eigenvalue weighted by molar-refractivity contribution is 7.89. The van der Waals surface area contributed by atoms with Gasteiger partial charge in [0, 0.05) is 19.3 Å². The third-order valence-electron chi connectivity index (χ3n) is 3.01. The first-order valence-corrected chi connectivity index (χ1v) is 7.61. The van der Waals surface area contributed by atoms with Gasteiger partial charge < -0.3 is 10.8 Å². The van der Waals surface area contributed by atoms with Crippen molar-refractivity contribution < 1.29 is 13.5 Å². The highest BCUT2D eigenvalue weighted by Crippen LogP contribution is 2.25. The lowest BCUT2D eigenvalue weighted by atomic mass is 10.1. The number of nitrogen functional groups attached to an aromatic ring is 1. The molecule has 1 unspecified atom stereocenters. The Labute approximate surface area is 115 Å². The lowest BCUT2D eigenvalue weighted by molar-refractivity contribution is 0.177. The zero-order valence-corrected chi connectivity index (χ0v) is 12.7. The number of aliphatic hydroxyl groups excluding tert-OH is 1. The highest BCUT2D eigenvalue weighted by atomic mass is 32.2. The smallest absolute Gasteiger partial charge is 0.243 e. The molecule has 0 amide bonds. The predicted molar refractivity (Wildman–Crippen MR) is 76.4 cm³/mol. The molecule has 1 rings (SSSR count). The highest BCUT2D eigenvalue weighted by Gasteiger charge is 2.25. The van der Waals surface area contributed by atoms with Crippen LogP contribution in [0.15, 0.2) is 17.0 Å². The van der Waals surface area contributed by atoms with Gasteiger partial charge in [-0.15, -0.1) is 0 Å². The van der Waals surface area contributed by atoms with Crippen molar-refractivity contribution in [2.75, 3.05) is 19.3 Å². The molecule has 0 radical (unpaired) electrons. The van der Waals surface area contributed by atoms with Crippen LogP contribution in [0.5, 0.6) is 0 Å². The van der Waals surface area contributed by atoms with Crippen LogP contribution in [-0.4, -0.2) is 37.5 Å². The molecule has 0 saturated heterocycles. The second-order valence-corrected chi connectivity index (χ2v) is 6.93. The number of rotatable bonds is 5. The molecule has 19 heavy (non-hydrogen) atoms. The van der Waals surface area contributed by atoms with Gasteiger partial charge in [-0.05, 0) is 50.5 Å². The Morgan fingerprint density at radius 1 is 1.32 bits per heavy atom. The topological polar surface area (TPSA) is 83.6 Å². The summed E-state index contributed by atoms with van der Waals surface area (Å²) in [7, 11) is -2.03. The van der Waals surface area contributed by atoms with E-state index in [4.69, 9.17) is 5.73 Å². The lowest BCUT2D eigenvalue weighted by Crippen LogP contribution is -2.30. The van der Waals surface area contributed by atoms with Gasteiger partial charge in [-0.25, -0.2) is 12.7 Å². The molecule has 6 heteroatoms. The summed E-state index contributed by atoms with van der Waals surface area (Å²) >= 11 is 0. The lowest BCUT2D eigenvalue weighted by Gasteiger charge is -2.21. The number of aliphatic hydroxyl groups is 1. The quantitative estimate of drug-likeness (QED) is 0.799. The minimum Gasteiger partial charge on any atom is -0.399 e. The van der Waals surface area contributed by atoms with E-state index < -0.39 is 16.1 Å². The van der Waals surface area contributed by atoms with Crippen molar-refractivity contribution in [2.45, 2.75) is 38.2 Å².